The number of ether oxygens (including phenoxy) is 3. The van der Waals surface area contributed by atoms with E-state index in [1.807, 2.05) is 20.8 Å². The van der Waals surface area contributed by atoms with Gasteiger partial charge < -0.3 is 24.8 Å². The molecule has 1 unspecified atom stereocenters. The van der Waals surface area contributed by atoms with Crippen LogP contribution in [0, 0.1) is 5.41 Å². The molecule has 0 aromatic heterocycles. The Morgan fingerprint density at radius 1 is 1.11 bits per heavy atom. The molecule has 0 heterocycles. The van der Waals surface area contributed by atoms with Crippen LogP contribution in [0.15, 0.2) is 29.4 Å². The van der Waals surface area contributed by atoms with E-state index in [2.05, 4.69) is 41.4 Å². The number of nitrogens with one attached hydrogen (secondary N) is 2. The second-order valence-corrected chi connectivity index (χ2v) is 10.5. The average molecular weight is 492 g/mol. The highest BCUT2D eigenvalue weighted by Crippen LogP contribution is 2.21. The van der Waals surface area contributed by atoms with E-state index in [1.54, 1.807) is 24.3 Å². The monoisotopic (exact) mass is 491 g/mol. The van der Waals surface area contributed by atoms with E-state index in [1.165, 1.54) is 0 Å². The number of hydrogen-bond acceptors (Lipinski definition) is 6. The van der Waals surface area contributed by atoms with Crippen molar-refractivity contribution in [3.05, 3.63) is 40.3 Å². The Kier molecular flexibility index (Phi) is 13.2. The van der Waals surface area contributed by atoms with Gasteiger partial charge in [0.05, 0.1) is 13.2 Å². The molecule has 10 nitrogen and oxygen atoms in total. The number of carbonyl (C=O) groups is 2. The van der Waals surface area contributed by atoms with Crippen molar-refractivity contribution in [2.45, 2.75) is 72.6 Å². The van der Waals surface area contributed by atoms with Gasteiger partial charge in [-0.2, -0.15) is 0 Å². The number of unbranched alkanes of at least 4 members (excludes halogenated alkanes) is 1. The molecule has 0 saturated heterocycles. The van der Waals surface area contributed by atoms with Crippen LogP contribution in [-0.4, -0.2) is 56.6 Å². The van der Waals surface area contributed by atoms with Crippen LogP contribution in [0.3, 0.4) is 0 Å². The number of benzene rings is 1. The Bertz CT molecular complexity index is 841. The van der Waals surface area contributed by atoms with Crippen LogP contribution < -0.4 is 15.4 Å². The van der Waals surface area contributed by atoms with Crippen molar-refractivity contribution in [1.82, 2.24) is 10.6 Å². The summed E-state index contributed by atoms with van der Waals surface area (Å²) in [5.41, 5.74) is 9.24. The van der Waals surface area contributed by atoms with E-state index in [0.717, 1.165) is 19.3 Å². The first-order chi connectivity index (χ1) is 16.4. The molecule has 2 amide bonds. The van der Waals surface area contributed by atoms with Crippen LogP contribution in [0.4, 0.5) is 0 Å². The summed E-state index contributed by atoms with van der Waals surface area (Å²) in [5, 5.41) is 9.29. The quantitative estimate of drug-likeness (QED) is 0.160. The molecule has 0 bridgehead atoms. The van der Waals surface area contributed by atoms with Gasteiger partial charge in [-0.1, -0.05) is 38.4 Å². The fourth-order valence-electron chi connectivity index (χ4n) is 3.01. The van der Waals surface area contributed by atoms with E-state index < -0.39 is 6.23 Å². The topological polar surface area (TPSA) is 135 Å². The van der Waals surface area contributed by atoms with Crippen molar-refractivity contribution in [2.24, 2.45) is 10.5 Å². The minimum atomic E-state index is -0.882. The van der Waals surface area contributed by atoms with Gasteiger partial charge in [0.1, 0.15) is 19.0 Å². The smallest absolute Gasteiger partial charge is 0.251 e. The van der Waals surface area contributed by atoms with Gasteiger partial charge in [-0.05, 0) is 62.8 Å². The summed E-state index contributed by atoms with van der Waals surface area (Å²) < 4.78 is 16.4. The standard InChI is InChI=1S/C25H41N5O5/c1-24(2,3)12-7-8-13-27-23(32)19-10-9-11-20(16-19)35-18-22(29-30-26)34-15-14-33-17-21(31)28-25(4,5)6/h9-11,16,22H,7-8,12-15,17-18H2,1-6H3,(H,27,32)(H,28,31). The van der Waals surface area contributed by atoms with Gasteiger partial charge >= 0.3 is 0 Å². The Morgan fingerprint density at radius 3 is 2.51 bits per heavy atom. The first kappa shape index (κ1) is 30.2. The van der Waals surface area contributed by atoms with E-state index >= 15 is 0 Å². The maximum Gasteiger partial charge on any atom is 0.251 e. The largest absolute Gasteiger partial charge is 0.491 e. The third kappa shape index (κ3) is 15.7. The molecule has 196 valence electrons. The lowest BCUT2D eigenvalue weighted by Crippen LogP contribution is -2.42. The van der Waals surface area contributed by atoms with Crippen LogP contribution in [0.2, 0.25) is 0 Å². The summed E-state index contributed by atoms with van der Waals surface area (Å²) >= 11 is 0. The third-order valence-electron chi connectivity index (χ3n) is 4.59. The van der Waals surface area contributed by atoms with E-state index in [4.69, 9.17) is 19.7 Å². The molecular weight excluding hydrogens is 450 g/mol. The molecule has 0 aliphatic heterocycles. The van der Waals surface area contributed by atoms with Gasteiger partial charge in [0.15, 0.2) is 6.23 Å². The number of amides is 2. The van der Waals surface area contributed by atoms with Crippen molar-refractivity contribution in [3.63, 3.8) is 0 Å². The second kappa shape index (κ2) is 15.2. The van der Waals surface area contributed by atoms with E-state index in [9.17, 15) is 9.59 Å². The Morgan fingerprint density at radius 2 is 1.86 bits per heavy atom. The number of azide groups is 1. The molecule has 0 aliphatic carbocycles. The normalized spacial score (nSPS) is 12.4. The predicted molar refractivity (Wildman–Crippen MR) is 135 cm³/mol. The Balaban J connectivity index is 2.40. The van der Waals surface area contributed by atoms with Crippen LogP contribution in [0.1, 0.15) is 71.2 Å². The molecule has 0 fully saturated rings. The van der Waals surface area contributed by atoms with Crippen LogP contribution in [0.5, 0.6) is 5.75 Å². The van der Waals surface area contributed by atoms with Crippen LogP contribution in [-0.2, 0) is 14.3 Å². The van der Waals surface area contributed by atoms with Crippen molar-refractivity contribution in [1.29, 1.82) is 0 Å². The fourth-order valence-corrected chi connectivity index (χ4v) is 3.01. The lowest BCUT2D eigenvalue weighted by Gasteiger charge is -2.20. The van der Waals surface area contributed by atoms with E-state index in [0.29, 0.717) is 23.3 Å². The molecule has 1 aromatic rings. The highest BCUT2D eigenvalue weighted by atomic mass is 16.6. The summed E-state index contributed by atoms with van der Waals surface area (Å²) in [6.07, 6.45) is 2.21. The SMILES string of the molecule is CC(C)(C)CCCCNC(=O)c1cccc(OCC(N=[N+]=[N-])OCCOCC(=O)NC(C)(C)C)c1. The highest BCUT2D eigenvalue weighted by Gasteiger charge is 2.14. The van der Waals surface area contributed by atoms with Crippen LogP contribution in [0.25, 0.3) is 10.4 Å². The maximum absolute atomic E-state index is 12.4. The molecule has 2 N–H and O–H groups in total. The zero-order valence-electron chi connectivity index (χ0n) is 21.9. The lowest BCUT2D eigenvalue weighted by atomic mass is 9.90. The number of rotatable bonds is 15. The summed E-state index contributed by atoms with van der Waals surface area (Å²) in [6.45, 7) is 13.0. The lowest BCUT2D eigenvalue weighted by molar-refractivity contribution is -0.128. The third-order valence-corrected chi connectivity index (χ3v) is 4.59. The minimum absolute atomic E-state index is 0.0353. The maximum atomic E-state index is 12.4. The van der Waals surface area contributed by atoms with Crippen molar-refractivity contribution in [3.8, 4) is 5.75 Å². The van der Waals surface area contributed by atoms with Gasteiger partial charge in [-0.3, -0.25) is 9.59 Å². The molecule has 1 rings (SSSR count). The summed E-state index contributed by atoms with van der Waals surface area (Å²) in [6, 6.07) is 6.79. The van der Waals surface area contributed by atoms with Gasteiger partial charge in [0, 0.05) is 22.6 Å². The van der Waals surface area contributed by atoms with Crippen molar-refractivity contribution < 1.29 is 23.8 Å². The molecule has 1 aromatic carbocycles. The van der Waals surface area contributed by atoms with Gasteiger partial charge in [0.2, 0.25) is 5.91 Å². The first-order valence-corrected chi connectivity index (χ1v) is 12.0. The molecular formula is C25H41N5O5. The first-order valence-electron chi connectivity index (χ1n) is 12.0. The molecule has 0 spiro atoms. The van der Waals surface area contributed by atoms with Crippen LogP contribution >= 0.6 is 0 Å². The van der Waals surface area contributed by atoms with Crippen molar-refractivity contribution >= 4 is 11.8 Å². The molecule has 35 heavy (non-hydrogen) atoms. The minimum Gasteiger partial charge on any atom is -0.491 e. The average Bonchev–Trinajstić information content (AvgIpc) is 2.75. The van der Waals surface area contributed by atoms with Gasteiger partial charge in [-0.25, -0.2) is 0 Å². The molecule has 0 aliphatic rings. The molecule has 0 saturated carbocycles. The summed E-state index contributed by atoms with van der Waals surface area (Å²) in [5.74, 6) is 0.0742. The number of hydrogen-bond donors (Lipinski definition) is 2. The predicted octanol–water partition coefficient (Wildman–Crippen LogP) is 4.60. The highest BCUT2D eigenvalue weighted by molar-refractivity contribution is 5.94. The zero-order chi connectivity index (χ0) is 26.3. The molecule has 0 radical (unpaired) electrons. The zero-order valence-corrected chi connectivity index (χ0v) is 21.9. The Hall–Kier alpha value is -2.81. The molecule has 10 heteroatoms. The van der Waals surface area contributed by atoms with E-state index in [-0.39, 0.29) is 43.8 Å². The Labute approximate surface area is 208 Å². The second-order valence-electron chi connectivity index (χ2n) is 10.5. The van der Waals surface area contributed by atoms with Gasteiger partial charge in [-0.15, -0.1) is 0 Å². The number of nitrogens with zero attached hydrogens (tertiary/aromatic N) is 3. The van der Waals surface area contributed by atoms with Gasteiger partial charge in [0.25, 0.3) is 5.91 Å². The summed E-state index contributed by atoms with van der Waals surface area (Å²) in [7, 11) is 0. The number of carbonyl (C=O) groups excluding carboxylic acids is 2. The van der Waals surface area contributed by atoms with Crippen molar-refractivity contribution in [2.75, 3.05) is 33.0 Å². The fraction of sp³-hybridized carbons (Fsp3) is 0.680. The molecule has 1 atom stereocenters. The summed E-state index contributed by atoms with van der Waals surface area (Å²) in [4.78, 5) is 26.9.